The van der Waals surface area contributed by atoms with Crippen LogP contribution in [0.15, 0.2) is 22.8 Å². The number of fused-ring (bicyclic) bond motifs is 1. The van der Waals surface area contributed by atoms with Crippen molar-refractivity contribution in [2.24, 2.45) is 10.7 Å². The largest absolute Gasteiger partial charge is 0.378 e. The minimum Gasteiger partial charge on any atom is -0.378 e. The maximum atomic E-state index is 5.95. The maximum absolute atomic E-state index is 5.95. The average Bonchev–Trinajstić information content (AvgIpc) is 2.97. The number of nitrogens with two attached hydrogens (primary N) is 1. The minimum absolute atomic E-state index is 0.525. The zero-order chi connectivity index (χ0) is 12.4. The Kier molecular flexibility index (Phi) is 3.16. The molecule has 0 unspecified atom stereocenters. The summed E-state index contributed by atoms with van der Waals surface area (Å²) in [6.45, 7) is 3.59. The van der Waals surface area contributed by atoms with Crippen LogP contribution < -0.4 is 5.73 Å². The molecule has 2 N–H and O–H groups in total. The van der Waals surface area contributed by atoms with E-state index in [1.807, 2.05) is 27.1 Å². The highest BCUT2D eigenvalue weighted by Crippen LogP contribution is 2.11. The number of aliphatic imine (C=N–C) groups is 1. The molecule has 0 spiro atoms. The zero-order valence-corrected chi connectivity index (χ0v) is 10.8. The van der Waals surface area contributed by atoms with E-state index < -0.39 is 0 Å². The number of nitrogens with zero attached hydrogens (tertiary/aromatic N) is 4. The van der Waals surface area contributed by atoms with Gasteiger partial charge in [0.05, 0.1) is 25.5 Å². The van der Waals surface area contributed by atoms with Crippen LogP contribution in [0.4, 0.5) is 0 Å². The molecule has 1 aliphatic heterocycles. The number of thiazole rings is 1. The first-order valence-corrected chi connectivity index (χ1v) is 6.74. The fourth-order valence-electron chi connectivity index (χ4n) is 1.91. The second-order valence-corrected chi connectivity index (χ2v) is 4.97. The molecule has 7 heteroatoms. The van der Waals surface area contributed by atoms with Gasteiger partial charge < -0.3 is 15.4 Å². The first-order chi connectivity index (χ1) is 8.83. The van der Waals surface area contributed by atoms with Gasteiger partial charge in [-0.05, 0) is 0 Å². The summed E-state index contributed by atoms with van der Waals surface area (Å²) < 4.78 is 7.28. The molecule has 1 aliphatic rings. The van der Waals surface area contributed by atoms with Crippen molar-refractivity contribution in [3.05, 3.63) is 23.5 Å². The van der Waals surface area contributed by atoms with Crippen molar-refractivity contribution in [2.45, 2.75) is 6.54 Å². The van der Waals surface area contributed by atoms with E-state index in [1.54, 1.807) is 11.3 Å². The number of guanidine groups is 1. The number of hydrogen-bond acceptors (Lipinski definition) is 4. The fraction of sp³-hybridized carbons (Fsp3) is 0.455. The molecule has 0 amide bonds. The van der Waals surface area contributed by atoms with Gasteiger partial charge in [0.1, 0.15) is 0 Å². The number of aromatic nitrogens is 2. The number of imidazole rings is 1. The van der Waals surface area contributed by atoms with Crippen molar-refractivity contribution in [1.82, 2.24) is 14.3 Å². The minimum atomic E-state index is 0.525. The molecule has 0 aliphatic carbocycles. The van der Waals surface area contributed by atoms with Gasteiger partial charge in [-0.2, -0.15) is 0 Å². The highest BCUT2D eigenvalue weighted by Gasteiger charge is 2.12. The van der Waals surface area contributed by atoms with Crippen LogP contribution in [0, 0.1) is 0 Å². The predicted molar refractivity (Wildman–Crippen MR) is 70.8 cm³/mol. The molecule has 6 nitrogen and oxygen atoms in total. The highest BCUT2D eigenvalue weighted by atomic mass is 32.1. The van der Waals surface area contributed by atoms with Crippen LogP contribution in [0.5, 0.6) is 0 Å². The topological polar surface area (TPSA) is 68.1 Å². The molecule has 0 radical (unpaired) electrons. The lowest BCUT2D eigenvalue weighted by molar-refractivity contribution is 0.0674. The van der Waals surface area contributed by atoms with E-state index in [0.717, 1.165) is 37.0 Å². The molecular weight excluding hydrogens is 250 g/mol. The molecule has 2 aromatic rings. The number of morpholine rings is 1. The van der Waals surface area contributed by atoms with Crippen LogP contribution in [-0.4, -0.2) is 46.5 Å². The lowest BCUT2D eigenvalue weighted by atomic mass is 10.4. The second-order valence-electron chi connectivity index (χ2n) is 4.10. The Morgan fingerprint density at radius 3 is 3.11 bits per heavy atom. The van der Waals surface area contributed by atoms with Crippen LogP contribution in [0.2, 0.25) is 0 Å². The van der Waals surface area contributed by atoms with Crippen molar-refractivity contribution in [1.29, 1.82) is 0 Å². The third-order valence-electron chi connectivity index (χ3n) is 2.88. The normalized spacial score (nSPS) is 17.6. The summed E-state index contributed by atoms with van der Waals surface area (Å²) >= 11 is 1.62. The van der Waals surface area contributed by atoms with Crippen molar-refractivity contribution in [3.63, 3.8) is 0 Å². The molecule has 1 fully saturated rings. The lowest BCUT2D eigenvalue weighted by Gasteiger charge is -2.27. The predicted octanol–water partition coefficient (Wildman–Crippen LogP) is 0.543. The first kappa shape index (κ1) is 11.5. The smallest absolute Gasteiger partial charge is 0.193 e. The Labute approximate surface area is 109 Å². The molecular formula is C11H15N5OS. The summed E-state index contributed by atoms with van der Waals surface area (Å²) in [5.41, 5.74) is 6.90. The van der Waals surface area contributed by atoms with Gasteiger partial charge in [0, 0.05) is 30.9 Å². The van der Waals surface area contributed by atoms with Gasteiger partial charge >= 0.3 is 0 Å². The van der Waals surface area contributed by atoms with Crippen LogP contribution in [0.3, 0.4) is 0 Å². The molecule has 3 rings (SSSR count). The van der Waals surface area contributed by atoms with Gasteiger partial charge in [-0.3, -0.25) is 4.40 Å². The standard InChI is InChI=1S/C11H15N5OS/c12-10(15-1-4-17-5-2-15)13-7-9-8-16-3-6-18-11(16)14-9/h3,6,8H,1-2,4-5,7H2,(H2,12,13). The molecule has 0 saturated carbocycles. The van der Waals surface area contributed by atoms with Crippen LogP contribution in [0.25, 0.3) is 4.96 Å². The second kappa shape index (κ2) is 4.95. The summed E-state index contributed by atoms with van der Waals surface area (Å²) in [6.07, 6.45) is 3.98. The summed E-state index contributed by atoms with van der Waals surface area (Å²) in [6, 6.07) is 0. The van der Waals surface area contributed by atoms with E-state index in [-0.39, 0.29) is 0 Å². The Bertz CT molecular complexity index is 526. The summed E-state index contributed by atoms with van der Waals surface area (Å²) in [4.78, 5) is 11.9. The van der Waals surface area contributed by atoms with E-state index in [1.165, 1.54) is 0 Å². The van der Waals surface area contributed by atoms with Crippen LogP contribution >= 0.6 is 11.3 Å². The number of ether oxygens (including phenoxy) is 1. The van der Waals surface area contributed by atoms with Gasteiger partial charge in [-0.1, -0.05) is 0 Å². The monoisotopic (exact) mass is 265 g/mol. The van der Waals surface area contributed by atoms with Gasteiger partial charge in [-0.15, -0.1) is 11.3 Å². The van der Waals surface area contributed by atoms with Crippen molar-refractivity contribution >= 4 is 22.3 Å². The molecule has 96 valence electrons. The van der Waals surface area contributed by atoms with Gasteiger partial charge in [-0.25, -0.2) is 9.98 Å². The number of hydrogen-bond donors (Lipinski definition) is 1. The quantitative estimate of drug-likeness (QED) is 0.636. The van der Waals surface area contributed by atoms with Crippen LogP contribution in [-0.2, 0) is 11.3 Å². The van der Waals surface area contributed by atoms with Crippen LogP contribution in [0.1, 0.15) is 5.69 Å². The van der Waals surface area contributed by atoms with Crippen molar-refractivity contribution in [2.75, 3.05) is 26.3 Å². The Balaban J connectivity index is 1.66. The van der Waals surface area contributed by atoms with E-state index in [9.17, 15) is 0 Å². The summed E-state index contributed by atoms with van der Waals surface area (Å²) in [5, 5.41) is 2.01. The Morgan fingerprint density at radius 2 is 2.33 bits per heavy atom. The molecule has 2 aromatic heterocycles. The number of rotatable bonds is 2. The van der Waals surface area contributed by atoms with Gasteiger partial charge in [0.15, 0.2) is 10.9 Å². The molecule has 18 heavy (non-hydrogen) atoms. The van der Waals surface area contributed by atoms with E-state index in [2.05, 4.69) is 9.98 Å². The molecule has 0 aromatic carbocycles. The third kappa shape index (κ3) is 2.32. The Hall–Kier alpha value is -1.60. The zero-order valence-electron chi connectivity index (χ0n) is 9.95. The molecule has 0 atom stereocenters. The molecule has 1 saturated heterocycles. The molecule has 3 heterocycles. The summed E-state index contributed by atoms with van der Waals surface area (Å²) in [7, 11) is 0. The fourth-order valence-corrected chi connectivity index (χ4v) is 2.63. The third-order valence-corrected chi connectivity index (χ3v) is 3.65. The molecule has 0 bridgehead atoms. The van der Waals surface area contributed by atoms with E-state index in [0.29, 0.717) is 12.5 Å². The lowest BCUT2D eigenvalue weighted by Crippen LogP contribution is -2.44. The maximum Gasteiger partial charge on any atom is 0.193 e. The van der Waals surface area contributed by atoms with E-state index in [4.69, 9.17) is 10.5 Å². The van der Waals surface area contributed by atoms with Crippen molar-refractivity contribution in [3.8, 4) is 0 Å². The van der Waals surface area contributed by atoms with Gasteiger partial charge in [0.25, 0.3) is 0 Å². The SMILES string of the molecule is NC(=NCc1cn2ccsc2n1)N1CCOCC1. The Morgan fingerprint density at radius 1 is 1.50 bits per heavy atom. The van der Waals surface area contributed by atoms with Crippen molar-refractivity contribution < 1.29 is 4.74 Å². The highest BCUT2D eigenvalue weighted by molar-refractivity contribution is 7.15. The average molecular weight is 265 g/mol. The van der Waals surface area contributed by atoms with E-state index >= 15 is 0 Å². The first-order valence-electron chi connectivity index (χ1n) is 5.86. The van der Waals surface area contributed by atoms with Gasteiger partial charge in [0.2, 0.25) is 0 Å². The summed E-state index contributed by atoms with van der Waals surface area (Å²) in [5.74, 6) is 0.578.